The van der Waals surface area contributed by atoms with Crippen LogP contribution < -0.4 is 15.8 Å². The van der Waals surface area contributed by atoms with Crippen molar-refractivity contribution in [1.29, 1.82) is 0 Å². The maximum absolute atomic E-state index is 13.2. The summed E-state index contributed by atoms with van der Waals surface area (Å²) in [6.07, 6.45) is -0.355. The molecule has 0 unspecified atom stereocenters. The van der Waals surface area contributed by atoms with Gasteiger partial charge in [0.1, 0.15) is 33.5 Å². The molecular weight excluding hydrogens is 476 g/mol. The highest BCUT2D eigenvalue weighted by atomic mass is 32.1. The smallest absolute Gasteiger partial charge is 0.291 e. The summed E-state index contributed by atoms with van der Waals surface area (Å²) in [6.45, 7) is 5.42. The van der Waals surface area contributed by atoms with Crippen LogP contribution in [0.1, 0.15) is 49.2 Å². The lowest BCUT2D eigenvalue weighted by Gasteiger charge is -2.09. The second kappa shape index (κ2) is 10.1. The molecule has 3 heterocycles. The molecule has 3 aromatic heterocycles. The molecule has 0 atom stereocenters. The number of fused-ring (bicyclic) bond motifs is 1. The molecule has 4 rings (SSSR count). The van der Waals surface area contributed by atoms with Crippen LogP contribution in [-0.4, -0.2) is 16.8 Å². The fourth-order valence-corrected chi connectivity index (χ4v) is 4.65. The van der Waals surface area contributed by atoms with Gasteiger partial charge in [-0.05, 0) is 48.7 Å². The third-order valence-electron chi connectivity index (χ3n) is 5.16. The molecule has 0 aliphatic rings. The van der Waals surface area contributed by atoms with Crippen molar-refractivity contribution in [3.05, 3.63) is 88.3 Å². The molecule has 0 bridgehead atoms. The molecule has 7 nitrogen and oxygen atoms in total. The van der Waals surface area contributed by atoms with Crippen LogP contribution in [0.4, 0.5) is 14.5 Å². The number of nitrogens with zero attached hydrogens (tertiary/aromatic N) is 1. The van der Waals surface area contributed by atoms with Gasteiger partial charge in [-0.1, -0.05) is 24.3 Å². The normalized spacial score (nSPS) is 11.1. The van der Waals surface area contributed by atoms with Crippen LogP contribution in [0.25, 0.3) is 10.2 Å². The second-order valence-electron chi connectivity index (χ2n) is 7.62. The number of nitrogens with one attached hydrogen (secondary N) is 1. The Kier molecular flexibility index (Phi) is 6.92. The Bertz CT molecular complexity index is 1430. The molecule has 3 N–H and O–H groups in total. The van der Waals surface area contributed by atoms with Crippen molar-refractivity contribution < 1.29 is 27.5 Å². The van der Waals surface area contributed by atoms with E-state index in [0.717, 1.165) is 16.9 Å². The number of rotatable bonds is 9. The van der Waals surface area contributed by atoms with Crippen molar-refractivity contribution >= 4 is 39.1 Å². The van der Waals surface area contributed by atoms with Gasteiger partial charge in [0.2, 0.25) is 0 Å². The van der Waals surface area contributed by atoms with Gasteiger partial charge in [0.25, 0.3) is 18.2 Å². The van der Waals surface area contributed by atoms with Crippen molar-refractivity contribution in [2.45, 2.75) is 26.4 Å². The molecule has 0 radical (unpaired) electrons. The average molecular weight is 498 g/mol. The highest BCUT2D eigenvalue weighted by Crippen LogP contribution is 2.38. The highest BCUT2D eigenvalue weighted by Gasteiger charge is 2.24. The molecule has 0 saturated carbocycles. The number of alkyl halides is 2. The average Bonchev–Trinajstić information content (AvgIpc) is 3.44. The Morgan fingerprint density at radius 1 is 1.29 bits per heavy atom. The Labute approximate surface area is 203 Å². The Morgan fingerprint density at radius 3 is 2.77 bits per heavy atom. The molecule has 0 aliphatic heterocycles. The predicted molar refractivity (Wildman–Crippen MR) is 129 cm³/mol. The lowest BCUT2D eigenvalue weighted by Crippen LogP contribution is -2.16. The zero-order valence-corrected chi connectivity index (χ0v) is 19.5. The van der Waals surface area contributed by atoms with Crippen molar-refractivity contribution in [2.24, 2.45) is 5.73 Å². The molecule has 35 heavy (non-hydrogen) atoms. The first-order valence-corrected chi connectivity index (χ1v) is 11.3. The first-order valence-electron chi connectivity index (χ1n) is 10.5. The number of halogens is 2. The third-order valence-corrected chi connectivity index (χ3v) is 6.26. The number of thiophene rings is 1. The number of primary amides is 1. The molecule has 4 aromatic rings. The quantitative estimate of drug-likeness (QED) is 0.285. The minimum atomic E-state index is -2.78. The number of pyridine rings is 1. The van der Waals surface area contributed by atoms with Gasteiger partial charge < -0.3 is 20.2 Å². The topological polar surface area (TPSA) is 107 Å². The Balaban J connectivity index is 1.56. The van der Waals surface area contributed by atoms with E-state index in [4.69, 9.17) is 14.9 Å². The van der Waals surface area contributed by atoms with Gasteiger partial charge in [0.15, 0.2) is 5.76 Å². The number of para-hydroxylation sites is 1. The number of allylic oxidation sites excluding steroid dienone is 1. The van der Waals surface area contributed by atoms with Gasteiger partial charge in [-0.15, -0.1) is 17.9 Å². The predicted octanol–water partition coefficient (Wildman–Crippen LogP) is 5.79. The van der Waals surface area contributed by atoms with Crippen molar-refractivity contribution in [3.63, 3.8) is 0 Å². The maximum atomic E-state index is 13.2. The van der Waals surface area contributed by atoms with Gasteiger partial charge >= 0.3 is 0 Å². The number of furan rings is 1. The van der Waals surface area contributed by atoms with E-state index in [1.807, 2.05) is 24.3 Å². The number of benzene rings is 1. The Morgan fingerprint density at radius 2 is 2.06 bits per heavy atom. The van der Waals surface area contributed by atoms with E-state index in [1.54, 1.807) is 19.1 Å². The van der Waals surface area contributed by atoms with Crippen LogP contribution in [0.5, 0.6) is 5.75 Å². The molecule has 0 aliphatic carbocycles. The molecule has 0 spiro atoms. The summed E-state index contributed by atoms with van der Waals surface area (Å²) in [6, 6.07) is 11.8. The van der Waals surface area contributed by atoms with Gasteiger partial charge in [-0.25, -0.2) is 13.8 Å². The second-order valence-corrected chi connectivity index (χ2v) is 8.62. The number of hydrogen-bond acceptors (Lipinski definition) is 6. The zero-order chi connectivity index (χ0) is 25.1. The fourth-order valence-electron chi connectivity index (χ4n) is 3.58. The fraction of sp³-hybridized carbons (Fsp3) is 0.160. The summed E-state index contributed by atoms with van der Waals surface area (Å²) >= 11 is 0.840. The largest absolute Gasteiger partial charge is 0.485 e. The number of nitrogens with two attached hydrogens (primary N) is 1. The van der Waals surface area contributed by atoms with Crippen LogP contribution in [-0.2, 0) is 13.0 Å². The standard InChI is InChI=1S/C25H21F2N3O4S/c1-3-6-14-7-4-5-8-17(14)33-12-15-9-10-18(34-15)24(32)30-20-19-13(2)11-16(22(26)27)29-25(19)35-21(20)23(28)31/h3-5,7-11,22H,1,6,12H2,2H3,(H2,28,31)(H,30,32). The third kappa shape index (κ3) is 5.07. The molecule has 180 valence electrons. The summed E-state index contributed by atoms with van der Waals surface area (Å²) in [4.78, 5) is 29.0. The van der Waals surface area contributed by atoms with Crippen LogP contribution in [0, 0.1) is 6.92 Å². The van der Waals surface area contributed by atoms with Gasteiger partial charge in [0, 0.05) is 5.39 Å². The van der Waals surface area contributed by atoms with Crippen LogP contribution in [0.2, 0.25) is 0 Å². The number of anilines is 1. The lowest BCUT2D eigenvalue weighted by molar-refractivity contribution is 0.0992. The number of hydrogen-bond donors (Lipinski definition) is 2. The minimum Gasteiger partial charge on any atom is -0.485 e. The molecule has 1 aromatic carbocycles. The minimum absolute atomic E-state index is 0.00399. The molecule has 0 fully saturated rings. The summed E-state index contributed by atoms with van der Waals surface area (Å²) in [5.41, 5.74) is 6.56. The van der Waals surface area contributed by atoms with Crippen molar-refractivity contribution in [1.82, 2.24) is 4.98 Å². The molecule has 2 amide bonds. The van der Waals surface area contributed by atoms with Gasteiger partial charge in [-0.2, -0.15) is 0 Å². The van der Waals surface area contributed by atoms with E-state index >= 15 is 0 Å². The lowest BCUT2D eigenvalue weighted by atomic mass is 10.1. The summed E-state index contributed by atoms with van der Waals surface area (Å²) in [7, 11) is 0. The summed E-state index contributed by atoms with van der Waals surface area (Å²) < 4.78 is 37.8. The van der Waals surface area contributed by atoms with Crippen LogP contribution in [0.3, 0.4) is 0 Å². The van der Waals surface area contributed by atoms with E-state index in [-0.39, 0.29) is 27.8 Å². The first-order chi connectivity index (χ1) is 16.8. The SMILES string of the molecule is C=CCc1ccccc1OCc1ccc(C(=O)Nc2c(C(N)=O)sc3nc(C(F)F)cc(C)c23)o1. The highest BCUT2D eigenvalue weighted by molar-refractivity contribution is 7.21. The Hall–Kier alpha value is -4.05. The number of carbonyl (C=O) groups excluding carboxylic acids is 2. The van der Waals surface area contributed by atoms with Crippen molar-refractivity contribution in [2.75, 3.05) is 5.32 Å². The maximum Gasteiger partial charge on any atom is 0.291 e. The molecule has 0 saturated heterocycles. The summed E-state index contributed by atoms with van der Waals surface area (Å²) in [5.74, 6) is -0.381. The first kappa shape index (κ1) is 24.1. The van der Waals surface area contributed by atoms with Gasteiger partial charge in [-0.3, -0.25) is 9.59 Å². The van der Waals surface area contributed by atoms with E-state index in [1.165, 1.54) is 12.1 Å². The van der Waals surface area contributed by atoms with Crippen LogP contribution in [0.15, 0.2) is 59.5 Å². The number of ether oxygens (including phenoxy) is 1. The number of aromatic nitrogens is 1. The van der Waals surface area contributed by atoms with Gasteiger partial charge in [0.05, 0.1) is 5.69 Å². The van der Waals surface area contributed by atoms with E-state index in [2.05, 4.69) is 16.9 Å². The number of amides is 2. The van der Waals surface area contributed by atoms with Crippen LogP contribution >= 0.6 is 11.3 Å². The molecule has 10 heteroatoms. The number of carbonyl (C=O) groups is 2. The molecular formula is C25H21F2N3O4S. The monoisotopic (exact) mass is 497 g/mol. The van der Waals surface area contributed by atoms with Crippen molar-refractivity contribution in [3.8, 4) is 5.75 Å². The van der Waals surface area contributed by atoms with E-state index in [9.17, 15) is 18.4 Å². The summed E-state index contributed by atoms with van der Waals surface area (Å²) in [5, 5.41) is 3.00. The van der Waals surface area contributed by atoms with E-state index in [0.29, 0.717) is 28.9 Å². The zero-order valence-electron chi connectivity index (χ0n) is 18.6. The van der Waals surface area contributed by atoms with E-state index < -0.39 is 23.9 Å². The number of aryl methyl sites for hydroxylation is 1.